The Morgan fingerprint density at radius 1 is 1.18 bits per heavy atom. The first-order chi connectivity index (χ1) is 8.01. The molecule has 0 amide bonds. The van der Waals surface area contributed by atoms with Gasteiger partial charge in [0.1, 0.15) is 11.9 Å². The van der Waals surface area contributed by atoms with Gasteiger partial charge in [0, 0.05) is 6.61 Å². The van der Waals surface area contributed by atoms with E-state index >= 15 is 0 Å². The number of methoxy groups -OCH3 is 1. The highest BCUT2D eigenvalue weighted by atomic mass is 16.5. The maximum absolute atomic E-state index is 10.0. The molecule has 0 bridgehead atoms. The van der Waals surface area contributed by atoms with Gasteiger partial charge in [0.25, 0.3) is 0 Å². The third kappa shape index (κ3) is 3.19. The molecule has 0 aliphatic rings. The number of aryl methyl sites for hydroxylation is 2. The van der Waals surface area contributed by atoms with E-state index in [0.29, 0.717) is 5.56 Å². The maximum Gasteiger partial charge on any atom is 0.119 e. The highest BCUT2D eigenvalue weighted by molar-refractivity contribution is 5.42. The smallest absolute Gasteiger partial charge is 0.119 e. The van der Waals surface area contributed by atoms with Crippen molar-refractivity contribution < 1.29 is 20.1 Å². The van der Waals surface area contributed by atoms with Crippen LogP contribution < -0.4 is 4.74 Å². The van der Waals surface area contributed by atoms with E-state index in [1.165, 1.54) is 0 Å². The van der Waals surface area contributed by atoms with E-state index < -0.39 is 12.2 Å². The molecule has 2 atom stereocenters. The first kappa shape index (κ1) is 14.0. The molecule has 0 radical (unpaired) electrons. The lowest BCUT2D eigenvalue weighted by atomic mass is 9.93. The fourth-order valence-electron chi connectivity index (χ4n) is 2.00. The Morgan fingerprint density at radius 3 is 2.12 bits per heavy atom. The Bertz CT molecular complexity index is 353. The molecule has 0 saturated carbocycles. The molecule has 0 aromatic heterocycles. The van der Waals surface area contributed by atoms with Gasteiger partial charge in [-0.1, -0.05) is 0 Å². The molecule has 0 fully saturated rings. The van der Waals surface area contributed by atoms with Gasteiger partial charge in [-0.2, -0.15) is 0 Å². The van der Waals surface area contributed by atoms with Crippen LogP contribution in [0.1, 0.15) is 29.2 Å². The monoisotopic (exact) mass is 240 g/mol. The summed E-state index contributed by atoms with van der Waals surface area (Å²) in [4.78, 5) is 0. The van der Waals surface area contributed by atoms with Crippen LogP contribution in [-0.4, -0.2) is 35.1 Å². The number of hydrogen-bond donors (Lipinski definition) is 3. The van der Waals surface area contributed by atoms with Crippen molar-refractivity contribution in [3.63, 3.8) is 0 Å². The van der Waals surface area contributed by atoms with E-state index in [1.807, 2.05) is 26.0 Å². The van der Waals surface area contributed by atoms with Crippen LogP contribution in [0.15, 0.2) is 12.1 Å². The van der Waals surface area contributed by atoms with Crippen molar-refractivity contribution in [3.8, 4) is 5.75 Å². The lowest BCUT2D eigenvalue weighted by molar-refractivity contribution is 0.00352. The van der Waals surface area contributed by atoms with Gasteiger partial charge in [-0.3, -0.25) is 0 Å². The zero-order valence-corrected chi connectivity index (χ0v) is 10.5. The highest BCUT2D eigenvalue weighted by Gasteiger charge is 2.21. The van der Waals surface area contributed by atoms with Crippen molar-refractivity contribution in [3.05, 3.63) is 28.8 Å². The molecule has 17 heavy (non-hydrogen) atoms. The normalized spacial score (nSPS) is 14.5. The number of hydrogen-bond acceptors (Lipinski definition) is 4. The average molecular weight is 240 g/mol. The summed E-state index contributed by atoms with van der Waals surface area (Å²) in [6.07, 6.45) is -1.77. The maximum atomic E-state index is 10.0. The van der Waals surface area contributed by atoms with E-state index in [-0.39, 0.29) is 13.0 Å². The Kier molecular flexibility index (Phi) is 4.93. The molecule has 4 heteroatoms. The molecule has 1 aromatic rings. The zero-order chi connectivity index (χ0) is 13.0. The van der Waals surface area contributed by atoms with Crippen LogP contribution in [-0.2, 0) is 0 Å². The molecule has 1 rings (SSSR count). The standard InChI is InChI=1S/C13H20O4/c1-8-6-10(17-3)7-9(2)12(8)13(16)11(15)4-5-14/h6-7,11,13-16H,4-5H2,1-3H3. The molecule has 0 heterocycles. The van der Waals surface area contributed by atoms with Crippen LogP contribution in [0.2, 0.25) is 0 Å². The summed E-state index contributed by atoms with van der Waals surface area (Å²) in [6, 6.07) is 3.63. The van der Waals surface area contributed by atoms with Gasteiger partial charge < -0.3 is 20.1 Å². The minimum absolute atomic E-state index is 0.146. The van der Waals surface area contributed by atoms with Crippen molar-refractivity contribution >= 4 is 0 Å². The first-order valence-electron chi connectivity index (χ1n) is 5.63. The fraction of sp³-hybridized carbons (Fsp3) is 0.538. The second-order valence-electron chi connectivity index (χ2n) is 4.20. The van der Waals surface area contributed by atoms with Crippen molar-refractivity contribution in [1.82, 2.24) is 0 Å². The molecule has 0 aliphatic carbocycles. The molecule has 0 aliphatic heterocycles. The fourth-order valence-corrected chi connectivity index (χ4v) is 2.00. The zero-order valence-electron chi connectivity index (χ0n) is 10.5. The van der Waals surface area contributed by atoms with Gasteiger partial charge in [0.2, 0.25) is 0 Å². The van der Waals surface area contributed by atoms with Gasteiger partial charge in [0.15, 0.2) is 0 Å². The van der Waals surface area contributed by atoms with E-state index in [2.05, 4.69) is 0 Å². The van der Waals surface area contributed by atoms with Crippen molar-refractivity contribution in [1.29, 1.82) is 0 Å². The van der Waals surface area contributed by atoms with Crippen LogP contribution in [0.25, 0.3) is 0 Å². The number of aliphatic hydroxyl groups excluding tert-OH is 3. The highest BCUT2D eigenvalue weighted by Crippen LogP contribution is 2.29. The Balaban J connectivity index is 3.05. The topological polar surface area (TPSA) is 69.9 Å². The second kappa shape index (κ2) is 6.00. The van der Waals surface area contributed by atoms with Crippen molar-refractivity contribution in [2.45, 2.75) is 32.5 Å². The van der Waals surface area contributed by atoms with E-state index in [4.69, 9.17) is 9.84 Å². The van der Waals surface area contributed by atoms with E-state index in [9.17, 15) is 10.2 Å². The van der Waals surface area contributed by atoms with Crippen LogP contribution in [0, 0.1) is 13.8 Å². The Hall–Kier alpha value is -1.10. The van der Waals surface area contributed by atoms with Crippen molar-refractivity contribution in [2.24, 2.45) is 0 Å². The summed E-state index contributed by atoms with van der Waals surface area (Å²) in [5.74, 6) is 0.729. The van der Waals surface area contributed by atoms with Crippen LogP contribution >= 0.6 is 0 Å². The summed E-state index contributed by atoms with van der Waals surface area (Å²) in [5, 5.41) is 28.5. The average Bonchev–Trinajstić information content (AvgIpc) is 2.28. The molecule has 4 nitrogen and oxygen atoms in total. The lowest BCUT2D eigenvalue weighted by Crippen LogP contribution is -2.21. The van der Waals surface area contributed by atoms with Gasteiger partial charge in [-0.05, 0) is 49.1 Å². The predicted octanol–water partition coefficient (Wildman–Crippen LogP) is 1.09. The summed E-state index contributed by atoms with van der Waals surface area (Å²) in [5.41, 5.74) is 2.43. The van der Waals surface area contributed by atoms with Gasteiger partial charge >= 0.3 is 0 Å². The molecule has 0 saturated heterocycles. The van der Waals surface area contributed by atoms with Gasteiger partial charge in [-0.25, -0.2) is 0 Å². The minimum atomic E-state index is -0.979. The number of rotatable bonds is 5. The van der Waals surface area contributed by atoms with E-state index in [1.54, 1.807) is 7.11 Å². The minimum Gasteiger partial charge on any atom is -0.497 e. The predicted molar refractivity (Wildman–Crippen MR) is 65.1 cm³/mol. The molecular formula is C13H20O4. The van der Waals surface area contributed by atoms with Crippen LogP contribution in [0.3, 0.4) is 0 Å². The Labute approximate surface area is 101 Å². The second-order valence-corrected chi connectivity index (χ2v) is 4.20. The SMILES string of the molecule is COc1cc(C)c(C(O)C(O)CCO)c(C)c1. The van der Waals surface area contributed by atoms with Crippen LogP contribution in [0.4, 0.5) is 0 Å². The van der Waals surface area contributed by atoms with E-state index in [0.717, 1.165) is 16.9 Å². The number of benzene rings is 1. The molecule has 2 unspecified atom stereocenters. The number of ether oxygens (including phenoxy) is 1. The molecule has 96 valence electrons. The molecular weight excluding hydrogens is 220 g/mol. The summed E-state index contributed by atoms with van der Waals surface area (Å²) in [6.45, 7) is 3.58. The third-order valence-electron chi connectivity index (χ3n) is 2.89. The summed E-state index contributed by atoms with van der Waals surface area (Å²) >= 11 is 0. The largest absolute Gasteiger partial charge is 0.497 e. The van der Waals surface area contributed by atoms with Gasteiger partial charge in [0.05, 0.1) is 13.2 Å². The number of aliphatic hydroxyl groups is 3. The third-order valence-corrected chi connectivity index (χ3v) is 2.89. The lowest BCUT2D eigenvalue weighted by Gasteiger charge is -2.21. The summed E-state index contributed by atoms with van der Waals surface area (Å²) < 4.78 is 5.13. The van der Waals surface area contributed by atoms with Crippen LogP contribution in [0.5, 0.6) is 5.75 Å². The molecule has 0 spiro atoms. The first-order valence-corrected chi connectivity index (χ1v) is 5.63. The Morgan fingerprint density at radius 2 is 1.71 bits per heavy atom. The summed E-state index contributed by atoms with van der Waals surface area (Å²) in [7, 11) is 1.59. The quantitative estimate of drug-likeness (QED) is 0.720. The molecule has 1 aromatic carbocycles. The van der Waals surface area contributed by atoms with Crippen molar-refractivity contribution in [2.75, 3.05) is 13.7 Å². The van der Waals surface area contributed by atoms with Gasteiger partial charge in [-0.15, -0.1) is 0 Å². The molecule has 3 N–H and O–H groups in total.